The topological polar surface area (TPSA) is 111 Å². The summed E-state index contributed by atoms with van der Waals surface area (Å²) in [6.07, 6.45) is 0.934. The molecule has 7 heteroatoms. The Morgan fingerprint density at radius 1 is 1.32 bits per heavy atom. The van der Waals surface area contributed by atoms with Gasteiger partial charge in [0.05, 0.1) is 5.41 Å². The molecule has 1 saturated heterocycles. The molecule has 0 unspecified atom stereocenters. The van der Waals surface area contributed by atoms with Crippen LogP contribution in [0.25, 0.3) is 0 Å². The van der Waals surface area contributed by atoms with E-state index in [0.29, 0.717) is 37.4 Å². The normalized spacial score (nSPS) is 18.6. The van der Waals surface area contributed by atoms with Gasteiger partial charge in [-0.2, -0.15) is 0 Å². The van der Waals surface area contributed by atoms with Gasteiger partial charge >= 0.3 is 0 Å². The third-order valence-electron chi connectivity index (χ3n) is 4.18. The summed E-state index contributed by atoms with van der Waals surface area (Å²) in [5, 5.41) is 5.47. The molecule has 3 rings (SSSR count). The Balaban J connectivity index is 1.84. The average molecular weight is 303 g/mol. The Bertz CT molecular complexity index is 650. The Labute approximate surface area is 127 Å². The standard InChI is InChI=1S/C15H17N3O4/c16-12(19)8-13(20)17-9-1-2-10-11(7-9)18-14(21)15(10)3-5-22-6-4-15/h1-2,7H,3-6,8H2,(H2,16,19)(H,17,20)(H,18,21). The van der Waals surface area contributed by atoms with Crippen molar-refractivity contribution >= 4 is 29.1 Å². The van der Waals surface area contributed by atoms with E-state index in [2.05, 4.69) is 10.6 Å². The number of hydrogen-bond acceptors (Lipinski definition) is 4. The lowest BCUT2D eigenvalue weighted by molar-refractivity contribution is -0.125. The summed E-state index contributed by atoms with van der Waals surface area (Å²) in [4.78, 5) is 34.7. The van der Waals surface area contributed by atoms with Crippen LogP contribution in [0.3, 0.4) is 0 Å². The van der Waals surface area contributed by atoms with Gasteiger partial charge in [-0.15, -0.1) is 0 Å². The van der Waals surface area contributed by atoms with Gasteiger partial charge < -0.3 is 21.1 Å². The SMILES string of the molecule is NC(=O)CC(=O)Nc1ccc2c(c1)NC(=O)C21CCOCC1. The molecule has 1 fully saturated rings. The van der Waals surface area contributed by atoms with Gasteiger partial charge in [-0.05, 0) is 30.5 Å². The second-order valence-corrected chi connectivity index (χ2v) is 5.60. The summed E-state index contributed by atoms with van der Waals surface area (Å²) in [5.74, 6) is -1.18. The summed E-state index contributed by atoms with van der Waals surface area (Å²) >= 11 is 0. The smallest absolute Gasteiger partial charge is 0.235 e. The van der Waals surface area contributed by atoms with Gasteiger partial charge in [-0.1, -0.05) is 6.07 Å². The number of benzene rings is 1. The third-order valence-corrected chi connectivity index (χ3v) is 4.18. The highest BCUT2D eigenvalue weighted by molar-refractivity contribution is 6.08. The van der Waals surface area contributed by atoms with Crippen LogP contribution in [0.5, 0.6) is 0 Å². The zero-order valence-electron chi connectivity index (χ0n) is 12.0. The Morgan fingerprint density at radius 2 is 2.05 bits per heavy atom. The lowest BCUT2D eigenvalue weighted by Gasteiger charge is -2.31. The third kappa shape index (κ3) is 2.43. The molecule has 1 aromatic rings. The van der Waals surface area contributed by atoms with Crippen molar-refractivity contribution in [2.75, 3.05) is 23.8 Å². The van der Waals surface area contributed by atoms with Gasteiger partial charge in [0, 0.05) is 24.6 Å². The summed E-state index contributed by atoms with van der Waals surface area (Å²) in [6.45, 7) is 1.12. The highest BCUT2D eigenvalue weighted by Gasteiger charge is 2.47. The number of hydrogen-bond donors (Lipinski definition) is 3. The zero-order chi connectivity index (χ0) is 15.7. The van der Waals surface area contributed by atoms with Crippen LogP contribution < -0.4 is 16.4 Å². The number of rotatable bonds is 3. The van der Waals surface area contributed by atoms with E-state index < -0.39 is 17.2 Å². The molecular formula is C15H17N3O4. The van der Waals surface area contributed by atoms with Crippen LogP contribution >= 0.6 is 0 Å². The van der Waals surface area contributed by atoms with E-state index >= 15 is 0 Å². The van der Waals surface area contributed by atoms with Crippen LogP contribution in [0.1, 0.15) is 24.8 Å². The Hall–Kier alpha value is -2.41. The molecule has 3 amide bonds. The van der Waals surface area contributed by atoms with Gasteiger partial charge in [-0.25, -0.2) is 0 Å². The van der Waals surface area contributed by atoms with Crippen LogP contribution in [0.15, 0.2) is 18.2 Å². The monoisotopic (exact) mass is 303 g/mol. The summed E-state index contributed by atoms with van der Waals surface area (Å²) in [5.41, 5.74) is 6.61. The molecular weight excluding hydrogens is 286 g/mol. The number of anilines is 2. The van der Waals surface area contributed by atoms with Crippen LogP contribution in [-0.4, -0.2) is 30.9 Å². The molecule has 4 N–H and O–H groups in total. The maximum Gasteiger partial charge on any atom is 0.235 e. The van der Waals surface area contributed by atoms with Gasteiger partial charge in [-0.3, -0.25) is 14.4 Å². The lowest BCUT2D eigenvalue weighted by Crippen LogP contribution is -2.39. The summed E-state index contributed by atoms with van der Waals surface area (Å²) in [7, 11) is 0. The molecule has 2 aliphatic rings. The molecule has 0 bridgehead atoms. The minimum Gasteiger partial charge on any atom is -0.381 e. The maximum atomic E-state index is 12.4. The van der Waals surface area contributed by atoms with Crippen LogP contribution in [-0.2, 0) is 24.5 Å². The minimum atomic E-state index is -0.687. The first-order valence-electron chi connectivity index (χ1n) is 7.13. The molecule has 0 aliphatic carbocycles. The van der Waals surface area contributed by atoms with Crippen LogP contribution in [0.2, 0.25) is 0 Å². The number of ether oxygens (including phenoxy) is 1. The second kappa shape index (κ2) is 5.42. The van der Waals surface area contributed by atoms with E-state index in [4.69, 9.17) is 10.5 Å². The number of amides is 3. The van der Waals surface area contributed by atoms with Crippen molar-refractivity contribution in [1.82, 2.24) is 0 Å². The predicted molar refractivity (Wildman–Crippen MR) is 79.2 cm³/mol. The van der Waals surface area contributed by atoms with Crippen molar-refractivity contribution in [3.63, 3.8) is 0 Å². The first-order valence-corrected chi connectivity index (χ1v) is 7.13. The number of carbonyl (C=O) groups is 3. The largest absolute Gasteiger partial charge is 0.381 e. The van der Waals surface area contributed by atoms with Crippen molar-refractivity contribution in [2.45, 2.75) is 24.7 Å². The molecule has 0 saturated carbocycles. The van der Waals surface area contributed by atoms with Crippen molar-refractivity contribution < 1.29 is 19.1 Å². The number of primary amides is 1. The molecule has 7 nitrogen and oxygen atoms in total. The van der Waals surface area contributed by atoms with Crippen molar-refractivity contribution in [2.24, 2.45) is 5.73 Å². The van der Waals surface area contributed by atoms with Gasteiger partial charge in [0.15, 0.2) is 0 Å². The first-order chi connectivity index (χ1) is 10.5. The molecule has 2 heterocycles. The first kappa shape index (κ1) is 14.5. The summed E-state index contributed by atoms with van der Waals surface area (Å²) in [6, 6.07) is 5.28. The maximum absolute atomic E-state index is 12.4. The summed E-state index contributed by atoms with van der Waals surface area (Å²) < 4.78 is 5.35. The van der Waals surface area contributed by atoms with E-state index in [0.717, 1.165) is 5.56 Å². The lowest BCUT2D eigenvalue weighted by atomic mass is 9.75. The van der Waals surface area contributed by atoms with Crippen molar-refractivity contribution in [1.29, 1.82) is 0 Å². The molecule has 1 aromatic carbocycles. The van der Waals surface area contributed by atoms with E-state index in [1.54, 1.807) is 12.1 Å². The van der Waals surface area contributed by atoms with Gasteiger partial charge in [0.1, 0.15) is 6.42 Å². The second-order valence-electron chi connectivity index (χ2n) is 5.60. The molecule has 0 atom stereocenters. The van der Waals surface area contributed by atoms with Gasteiger partial charge in [0.2, 0.25) is 17.7 Å². The fourth-order valence-corrected chi connectivity index (χ4v) is 3.09. The van der Waals surface area contributed by atoms with E-state index in [-0.39, 0.29) is 12.3 Å². The number of fused-ring (bicyclic) bond motifs is 2. The molecule has 0 aromatic heterocycles. The van der Waals surface area contributed by atoms with E-state index in [1.807, 2.05) is 6.07 Å². The number of nitrogens with one attached hydrogen (secondary N) is 2. The number of carbonyl (C=O) groups excluding carboxylic acids is 3. The molecule has 22 heavy (non-hydrogen) atoms. The predicted octanol–water partition coefficient (Wildman–Crippen LogP) is 0.501. The van der Waals surface area contributed by atoms with Crippen LogP contribution in [0.4, 0.5) is 11.4 Å². The van der Waals surface area contributed by atoms with Gasteiger partial charge in [0.25, 0.3) is 0 Å². The Kier molecular flexibility index (Phi) is 3.58. The number of nitrogens with two attached hydrogens (primary N) is 1. The fraction of sp³-hybridized carbons (Fsp3) is 0.400. The fourth-order valence-electron chi connectivity index (χ4n) is 3.09. The molecule has 116 valence electrons. The Morgan fingerprint density at radius 3 is 2.73 bits per heavy atom. The van der Waals surface area contributed by atoms with E-state index in [9.17, 15) is 14.4 Å². The quantitative estimate of drug-likeness (QED) is 0.706. The highest BCUT2D eigenvalue weighted by atomic mass is 16.5. The zero-order valence-corrected chi connectivity index (χ0v) is 12.0. The molecule has 0 radical (unpaired) electrons. The average Bonchev–Trinajstić information content (AvgIpc) is 2.71. The molecule has 1 spiro atoms. The van der Waals surface area contributed by atoms with Crippen molar-refractivity contribution in [3.05, 3.63) is 23.8 Å². The minimum absolute atomic E-state index is 0.0218. The van der Waals surface area contributed by atoms with E-state index in [1.165, 1.54) is 0 Å². The molecule has 2 aliphatic heterocycles. The van der Waals surface area contributed by atoms with Crippen molar-refractivity contribution in [3.8, 4) is 0 Å². The van der Waals surface area contributed by atoms with Crippen LogP contribution in [0, 0.1) is 0 Å². The highest BCUT2D eigenvalue weighted by Crippen LogP contribution is 2.45.